The second-order valence-corrected chi connectivity index (χ2v) is 7.34. The first-order valence-corrected chi connectivity index (χ1v) is 8.67. The molecule has 2 unspecified atom stereocenters. The molecular weight excluding hydrogens is 349 g/mol. The number of aryl methyl sites for hydroxylation is 1. The van der Waals surface area contributed by atoms with Crippen LogP contribution in [0.3, 0.4) is 0 Å². The van der Waals surface area contributed by atoms with Gasteiger partial charge in [-0.25, -0.2) is 8.42 Å². The maximum absolute atomic E-state index is 12.2. The van der Waals surface area contributed by atoms with Crippen LogP contribution in [0.25, 0.3) is 0 Å². The van der Waals surface area contributed by atoms with Gasteiger partial charge in [0.05, 0.1) is 4.90 Å². The van der Waals surface area contributed by atoms with Gasteiger partial charge in [-0.05, 0) is 36.3 Å². The zero-order valence-corrected chi connectivity index (χ0v) is 12.7. The van der Waals surface area contributed by atoms with Crippen LogP contribution in [0.2, 0.25) is 0 Å². The van der Waals surface area contributed by atoms with Crippen LogP contribution in [-0.4, -0.2) is 29.7 Å². The van der Waals surface area contributed by atoms with Crippen molar-refractivity contribution in [2.75, 3.05) is 11.0 Å². The number of hydrogen-bond donors (Lipinski definition) is 0. The lowest BCUT2D eigenvalue weighted by Crippen LogP contribution is -2.14. The molecule has 17 heavy (non-hydrogen) atoms. The molecular formula is C12H16INO2S. The third-order valence-corrected chi connectivity index (χ3v) is 5.66. The van der Waals surface area contributed by atoms with Crippen LogP contribution in [0, 0.1) is 6.92 Å². The molecule has 1 aromatic rings. The SMILES string of the molecule is Cc1ccc(S(=O)(=O)N2CC2CCCI)cc1. The van der Waals surface area contributed by atoms with Crippen molar-refractivity contribution in [2.45, 2.75) is 30.7 Å². The minimum Gasteiger partial charge on any atom is -0.207 e. The van der Waals surface area contributed by atoms with E-state index in [2.05, 4.69) is 22.6 Å². The molecule has 1 aliphatic rings. The van der Waals surface area contributed by atoms with E-state index >= 15 is 0 Å². The first kappa shape index (κ1) is 13.3. The first-order chi connectivity index (χ1) is 8.05. The maximum atomic E-state index is 12.2. The highest BCUT2D eigenvalue weighted by Crippen LogP contribution is 2.31. The molecule has 0 spiro atoms. The van der Waals surface area contributed by atoms with Crippen molar-refractivity contribution >= 4 is 32.6 Å². The van der Waals surface area contributed by atoms with E-state index in [0.717, 1.165) is 22.8 Å². The van der Waals surface area contributed by atoms with Crippen molar-refractivity contribution in [2.24, 2.45) is 0 Å². The highest BCUT2D eigenvalue weighted by atomic mass is 127. The Hall–Kier alpha value is -0.140. The van der Waals surface area contributed by atoms with E-state index in [4.69, 9.17) is 0 Å². The van der Waals surface area contributed by atoms with Crippen LogP contribution >= 0.6 is 22.6 Å². The fraction of sp³-hybridized carbons (Fsp3) is 0.500. The summed E-state index contributed by atoms with van der Waals surface area (Å²) in [6.07, 6.45) is 2.07. The average Bonchev–Trinajstić information content (AvgIpc) is 3.07. The van der Waals surface area contributed by atoms with E-state index in [1.807, 2.05) is 19.1 Å². The van der Waals surface area contributed by atoms with Gasteiger partial charge in [0.2, 0.25) is 10.0 Å². The predicted octanol–water partition coefficient (Wildman–Crippen LogP) is 2.58. The molecule has 0 aromatic heterocycles. The summed E-state index contributed by atoms with van der Waals surface area (Å²) in [7, 11) is -3.23. The van der Waals surface area contributed by atoms with Crippen molar-refractivity contribution in [1.82, 2.24) is 4.31 Å². The minimum absolute atomic E-state index is 0.232. The summed E-state index contributed by atoms with van der Waals surface area (Å²) in [4.78, 5) is 0.417. The molecule has 2 atom stereocenters. The lowest BCUT2D eigenvalue weighted by atomic mass is 10.2. The standard InChI is InChI=1S/C12H16INO2S/c1-10-4-6-12(7-5-10)17(15,16)14-9-11(14)3-2-8-13/h4-7,11H,2-3,8-9H2,1H3. The molecule has 5 heteroatoms. The second-order valence-electron chi connectivity index (χ2n) is 4.37. The Morgan fingerprint density at radius 2 is 2.00 bits per heavy atom. The third kappa shape index (κ3) is 3.00. The number of rotatable bonds is 5. The van der Waals surface area contributed by atoms with Gasteiger partial charge < -0.3 is 0 Å². The van der Waals surface area contributed by atoms with Gasteiger partial charge in [-0.2, -0.15) is 4.31 Å². The van der Waals surface area contributed by atoms with Gasteiger partial charge in [-0.3, -0.25) is 0 Å². The third-order valence-electron chi connectivity index (χ3n) is 2.96. The number of sulfonamides is 1. The van der Waals surface area contributed by atoms with E-state index in [9.17, 15) is 8.42 Å². The number of hydrogen-bond acceptors (Lipinski definition) is 2. The van der Waals surface area contributed by atoms with Crippen LogP contribution in [0.1, 0.15) is 18.4 Å². The Labute approximate surface area is 116 Å². The Balaban J connectivity index is 2.08. The zero-order chi connectivity index (χ0) is 12.5. The van der Waals surface area contributed by atoms with Crippen molar-refractivity contribution in [1.29, 1.82) is 0 Å². The van der Waals surface area contributed by atoms with E-state index in [1.165, 1.54) is 0 Å². The van der Waals surface area contributed by atoms with Gasteiger partial charge in [-0.1, -0.05) is 40.3 Å². The van der Waals surface area contributed by atoms with Gasteiger partial charge in [0.25, 0.3) is 0 Å². The van der Waals surface area contributed by atoms with E-state index in [-0.39, 0.29) is 6.04 Å². The van der Waals surface area contributed by atoms with Gasteiger partial charge in [0, 0.05) is 12.6 Å². The van der Waals surface area contributed by atoms with Crippen LogP contribution < -0.4 is 0 Å². The molecule has 1 heterocycles. The Bertz CT molecular complexity index is 484. The number of nitrogens with zero attached hydrogens (tertiary/aromatic N) is 1. The van der Waals surface area contributed by atoms with Gasteiger partial charge in [0.1, 0.15) is 0 Å². The summed E-state index contributed by atoms with van der Waals surface area (Å²) in [5.41, 5.74) is 1.08. The van der Waals surface area contributed by atoms with Crippen LogP contribution in [-0.2, 0) is 10.0 Å². The zero-order valence-electron chi connectivity index (χ0n) is 9.77. The molecule has 0 amide bonds. The number of halogens is 1. The number of alkyl halides is 1. The summed E-state index contributed by atoms with van der Waals surface area (Å²) < 4.78 is 27.1. The summed E-state index contributed by atoms with van der Waals surface area (Å²) in [6, 6.07) is 7.31. The molecule has 1 aliphatic heterocycles. The molecule has 0 radical (unpaired) electrons. The highest BCUT2D eigenvalue weighted by molar-refractivity contribution is 14.1. The van der Waals surface area contributed by atoms with Gasteiger partial charge in [-0.15, -0.1) is 0 Å². The molecule has 1 aromatic carbocycles. The number of benzene rings is 1. The largest absolute Gasteiger partial charge is 0.243 e. The summed E-state index contributed by atoms with van der Waals surface area (Å²) in [5, 5.41) is 0. The van der Waals surface area contributed by atoms with Crippen LogP contribution in [0.4, 0.5) is 0 Å². The normalized spacial score (nSPS) is 23.6. The Kier molecular flexibility index (Phi) is 4.10. The summed E-state index contributed by atoms with van der Waals surface area (Å²) in [6.45, 7) is 2.64. The Morgan fingerprint density at radius 1 is 1.35 bits per heavy atom. The topological polar surface area (TPSA) is 37.1 Å². The monoisotopic (exact) mass is 365 g/mol. The minimum atomic E-state index is -3.23. The van der Waals surface area contributed by atoms with E-state index in [1.54, 1.807) is 16.4 Å². The average molecular weight is 365 g/mol. The molecule has 0 aliphatic carbocycles. The van der Waals surface area contributed by atoms with Crippen LogP contribution in [0.5, 0.6) is 0 Å². The molecule has 3 nitrogen and oxygen atoms in total. The van der Waals surface area contributed by atoms with Gasteiger partial charge in [0.15, 0.2) is 0 Å². The smallest absolute Gasteiger partial charge is 0.207 e. The summed E-state index contributed by atoms with van der Waals surface area (Å²) >= 11 is 2.32. The quantitative estimate of drug-likeness (QED) is 0.457. The predicted molar refractivity (Wildman–Crippen MR) is 77.0 cm³/mol. The molecule has 0 bridgehead atoms. The molecule has 0 N–H and O–H groups in total. The van der Waals surface area contributed by atoms with E-state index < -0.39 is 10.0 Å². The lowest BCUT2D eigenvalue weighted by Gasteiger charge is -2.06. The molecule has 2 rings (SSSR count). The molecule has 0 saturated carbocycles. The maximum Gasteiger partial charge on any atom is 0.243 e. The first-order valence-electron chi connectivity index (χ1n) is 5.70. The molecule has 1 fully saturated rings. The van der Waals surface area contributed by atoms with E-state index in [0.29, 0.717) is 11.4 Å². The van der Waals surface area contributed by atoms with Crippen molar-refractivity contribution in [3.05, 3.63) is 29.8 Å². The lowest BCUT2D eigenvalue weighted by molar-refractivity contribution is 0.546. The fourth-order valence-corrected chi connectivity index (χ4v) is 3.91. The second kappa shape index (κ2) is 5.24. The fourth-order valence-electron chi connectivity index (χ4n) is 1.85. The summed E-state index contributed by atoms with van der Waals surface area (Å²) in [5.74, 6) is 0. The van der Waals surface area contributed by atoms with Crippen LogP contribution in [0.15, 0.2) is 29.2 Å². The highest BCUT2D eigenvalue weighted by Gasteiger charge is 2.43. The van der Waals surface area contributed by atoms with Gasteiger partial charge >= 0.3 is 0 Å². The van der Waals surface area contributed by atoms with Crippen molar-refractivity contribution < 1.29 is 8.42 Å². The van der Waals surface area contributed by atoms with Crippen molar-refractivity contribution in [3.8, 4) is 0 Å². The van der Waals surface area contributed by atoms with Crippen molar-refractivity contribution in [3.63, 3.8) is 0 Å². The Morgan fingerprint density at radius 3 is 2.59 bits per heavy atom. The molecule has 94 valence electrons. The molecule has 1 saturated heterocycles.